The van der Waals surface area contributed by atoms with Crippen LogP contribution in [0.2, 0.25) is 0 Å². The number of carbonyl (C=O) groups is 1. The Morgan fingerprint density at radius 2 is 1.94 bits per heavy atom. The number of hydrogen-bond acceptors (Lipinski definition) is 2. The highest BCUT2D eigenvalue weighted by Crippen LogP contribution is 2.42. The van der Waals surface area contributed by atoms with Crippen LogP contribution in [0, 0.1) is 0 Å². The van der Waals surface area contributed by atoms with Crippen LogP contribution in [0.3, 0.4) is 0 Å². The standard InChI is InChI=1S/C11H10F3NO2/c12-11(13,14)15(10(16)17)7-3-5-8-4-1-2-6-9(8)15/h1-2,4,6H,3,5,7H2. The Balaban J connectivity index is 2.68. The maximum Gasteiger partial charge on any atom is 0.572 e. The van der Waals surface area contributed by atoms with Gasteiger partial charge in [-0.25, -0.2) is 0 Å². The van der Waals surface area contributed by atoms with Crippen molar-refractivity contribution >= 4 is 11.8 Å². The second-order valence-corrected chi connectivity index (χ2v) is 4.00. The zero-order valence-corrected chi connectivity index (χ0v) is 8.83. The highest BCUT2D eigenvalue weighted by atomic mass is 19.4. The van der Waals surface area contributed by atoms with Crippen LogP contribution in [-0.4, -0.2) is 18.9 Å². The van der Waals surface area contributed by atoms with Crippen molar-refractivity contribution in [2.45, 2.75) is 19.1 Å². The number of amides is 1. The third-order valence-electron chi connectivity index (χ3n) is 3.09. The minimum atomic E-state index is -4.89. The average Bonchev–Trinajstić information content (AvgIpc) is 2.26. The summed E-state index contributed by atoms with van der Waals surface area (Å²) >= 11 is 0. The highest BCUT2D eigenvalue weighted by molar-refractivity contribution is 5.81. The summed E-state index contributed by atoms with van der Waals surface area (Å²) in [5.74, 6) is 0. The van der Waals surface area contributed by atoms with Crippen molar-refractivity contribution in [3.8, 4) is 0 Å². The Bertz CT molecular complexity index is 458. The molecule has 0 aromatic heterocycles. The Morgan fingerprint density at radius 3 is 2.53 bits per heavy atom. The van der Waals surface area contributed by atoms with Gasteiger partial charge in [0, 0.05) is 18.1 Å². The van der Waals surface area contributed by atoms with Crippen molar-refractivity contribution in [1.29, 1.82) is 0 Å². The topological polar surface area (TPSA) is 40.1 Å². The molecule has 0 aliphatic carbocycles. The van der Waals surface area contributed by atoms with E-state index in [1.807, 2.05) is 0 Å². The van der Waals surface area contributed by atoms with Crippen molar-refractivity contribution in [3.05, 3.63) is 29.8 Å². The first-order valence-corrected chi connectivity index (χ1v) is 5.14. The molecule has 0 fully saturated rings. The summed E-state index contributed by atoms with van der Waals surface area (Å²) in [6.07, 6.45) is -6.39. The van der Waals surface area contributed by atoms with Crippen molar-refractivity contribution in [3.63, 3.8) is 0 Å². The van der Waals surface area contributed by atoms with Crippen LogP contribution in [-0.2, 0) is 6.42 Å². The summed E-state index contributed by atoms with van der Waals surface area (Å²) in [4.78, 5) is 11.0. The van der Waals surface area contributed by atoms with Gasteiger partial charge < -0.3 is 9.90 Å². The minimum Gasteiger partial charge on any atom is -0.498 e. The Kier molecular flexibility index (Phi) is 2.61. The van der Waals surface area contributed by atoms with Gasteiger partial charge in [0.25, 0.3) is 6.09 Å². The van der Waals surface area contributed by atoms with E-state index in [-0.39, 0.29) is 12.1 Å². The van der Waals surface area contributed by atoms with Gasteiger partial charge in [-0.05, 0) is 6.42 Å². The van der Waals surface area contributed by atoms with Gasteiger partial charge in [0.1, 0.15) is 5.69 Å². The maximum absolute atomic E-state index is 13.1. The molecule has 0 saturated carbocycles. The molecule has 17 heavy (non-hydrogen) atoms. The van der Waals surface area contributed by atoms with Crippen LogP contribution in [0.25, 0.3) is 0 Å². The lowest BCUT2D eigenvalue weighted by molar-refractivity contribution is -0.308. The van der Waals surface area contributed by atoms with Crippen molar-refractivity contribution in [2.75, 3.05) is 6.54 Å². The molecule has 2 rings (SSSR count). The molecule has 1 atom stereocenters. The highest BCUT2D eigenvalue weighted by Gasteiger charge is 2.60. The molecule has 1 unspecified atom stereocenters. The fraction of sp³-hybridized carbons (Fsp3) is 0.364. The average molecular weight is 245 g/mol. The number of halogens is 3. The first-order valence-electron chi connectivity index (χ1n) is 5.14. The molecule has 1 aromatic carbocycles. The summed E-state index contributed by atoms with van der Waals surface area (Å²) in [6, 6.07) is 5.74. The van der Waals surface area contributed by atoms with E-state index in [9.17, 15) is 23.1 Å². The fourth-order valence-corrected chi connectivity index (χ4v) is 2.28. The van der Waals surface area contributed by atoms with E-state index in [0.29, 0.717) is 12.0 Å². The number of aryl methyl sites for hydroxylation is 1. The smallest absolute Gasteiger partial charge is 0.498 e. The van der Waals surface area contributed by atoms with Crippen molar-refractivity contribution in [1.82, 2.24) is 4.48 Å². The van der Waals surface area contributed by atoms with E-state index >= 15 is 0 Å². The van der Waals surface area contributed by atoms with Gasteiger partial charge in [0.15, 0.2) is 0 Å². The number of alkyl halides is 3. The van der Waals surface area contributed by atoms with Crippen LogP contribution in [0.5, 0.6) is 0 Å². The summed E-state index contributed by atoms with van der Waals surface area (Å²) in [6.45, 7) is -0.511. The van der Waals surface area contributed by atoms with Crippen LogP contribution in [0.15, 0.2) is 24.3 Å². The van der Waals surface area contributed by atoms with E-state index in [0.717, 1.165) is 0 Å². The third kappa shape index (κ3) is 1.59. The van der Waals surface area contributed by atoms with Gasteiger partial charge >= 0.3 is 6.30 Å². The molecule has 92 valence electrons. The molecule has 1 heterocycles. The first-order chi connectivity index (χ1) is 7.89. The molecular formula is C11H10F3NO2. The number of carboxylic acid groups (broad SMARTS) is 1. The van der Waals surface area contributed by atoms with E-state index in [1.165, 1.54) is 18.2 Å². The van der Waals surface area contributed by atoms with Gasteiger partial charge in [0.2, 0.25) is 0 Å². The van der Waals surface area contributed by atoms with E-state index in [1.54, 1.807) is 6.07 Å². The quantitative estimate of drug-likeness (QED) is 0.516. The summed E-state index contributed by atoms with van der Waals surface area (Å²) < 4.78 is 37.2. The summed E-state index contributed by atoms with van der Waals surface area (Å²) in [7, 11) is 0. The zero-order chi connectivity index (χ0) is 12.7. The van der Waals surface area contributed by atoms with E-state index < -0.39 is 23.4 Å². The van der Waals surface area contributed by atoms with Gasteiger partial charge in [0.05, 0.1) is 6.54 Å². The largest absolute Gasteiger partial charge is 0.572 e. The predicted molar refractivity (Wildman–Crippen MR) is 52.9 cm³/mol. The summed E-state index contributed by atoms with van der Waals surface area (Å²) in [5, 5.41) is 11.0. The second-order valence-electron chi connectivity index (χ2n) is 4.00. The molecule has 0 radical (unpaired) electrons. The van der Waals surface area contributed by atoms with Gasteiger partial charge in [-0.2, -0.15) is 0 Å². The van der Waals surface area contributed by atoms with Gasteiger partial charge in [-0.3, -0.25) is 0 Å². The lowest BCUT2D eigenvalue weighted by atomic mass is 10.00. The maximum atomic E-state index is 13.1. The molecule has 1 aliphatic rings. The van der Waals surface area contributed by atoms with Crippen LogP contribution in [0.1, 0.15) is 12.0 Å². The number of quaternary nitrogens is 1. The monoisotopic (exact) mass is 245 g/mol. The third-order valence-corrected chi connectivity index (χ3v) is 3.09. The lowest BCUT2D eigenvalue weighted by Crippen LogP contribution is -2.69. The van der Waals surface area contributed by atoms with Crippen LogP contribution >= 0.6 is 0 Å². The van der Waals surface area contributed by atoms with Crippen LogP contribution in [0.4, 0.5) is 23.7 Å². The normalized spacial score (nSPS) is 24.2. The second kappa shape index (κ2) is 3.73. The summed E-state index contributed by atoms with van der Waals surface area (Å²) in [5.41, 5.74) is 0.187. The molecule has 0 saturated heterocycles. The molecule has 1 aromatic rings. The van der Waals surface area contributed by atoms with Gasteiger partial charge in [-0.1, -0.05) is 18.2 Å². The Labute approximate surface area is 95.7 Å². The first kappa shape index (κ1) is 11.9. The zero-order valence-electron chi connectivity index (χ0n) is 8.83. The minimum absolute atomic E-state index is 0.171. The van der Waals surface area contributed by atoms with E-state index in [2.05, 4.69) is 0 Å². The van der Waals surface area contributed by atoms with Crippen LogP contribution < -0.4 is 9.59 Å². The lowest BCUT2D eigenvalue weighted by Gasteiger charge is -2.41. The number of carbonyl (C=O) groups excluding carboxylic acids is 1. The molecule has 0 bridgehead atoms. The SMILES string of the molecule is O=C([O-])[N+]1(C(F)(F)F)CCCc2ccccc21. The number of fused-ring (bicyclic) bond motifs is 1. The molecule has 6 heteroatoms. The van der Waals surface area contributed by atoms with Crippen molar-refractivity contribution in [2.24, 2.45) is 0 Å². The number of rotatable bonds is 0. The number of nitrogens with zero attached hydrogens (tertiary/aromatic N) is 1. The van der Waals surface area contributed by atoms with Crippen molar-refractivity contribution < 1.29 is 23.1 Å². The fourth-order valence-electron chi connectivity index (χ4n) is 2.28. The molecule has 0 spiro atoms. The van der Waals surface area contributed by atoms with Gasteiger partial charge in [-0.15, -0.1) is 17.7 Å². The number of para-hydroxylation sites is 1. The number of hydrogen-bond donors (Lipinski definition) is 0. The van der Waals surface area contributed by atoms with E-state index in [4.69, 9.17) is 0 Å². The Morgan fingerprint density at radius 1 is 1.29 bits per heavy atom. The molecular weight excluding hydrogens is 235 g/mol. The molecule has 0 N–H and O–H groups in total. The number of benzene rings is 1. The predicted octanol–water partition coefficient (Wildman–Crippen LogP) is 1.80. The molecule has 1 amide bonds. The Hall–Kier alpha value is -1.56. The molecule has 1 aliphatic heterocycles. The molecule has 3 nitrogen and oxygen atoms in total.